The average molecular weight is 400 g/mol. The molecule has 1 aromatic rings. The highest BCUT2D eigenvalue weighted by Crippen LogP contribution is 2.33. The fourth-order valence-corrected chi connectivity index (χ4v) is 4.05. The third-order valence-electron chi connectivity index (χ3n) is 5.64. The number of benzene rings is 1. The molecule has 28 heavy (non-hydrogen) atoms. The van der Waals surface area contributed by atoms with E-state index in [1.54, 1.807) is 0 Å². The molecule has 2 aliphatic rings. The average Bonchev–Trinajstić information content (AvgIpc) is 3.12. The van der Waals surface area contributed by atoms with Crippen molar-refractivity contribution in [1.29, 1.82) is 0 Å². The zero-order valence-corrected chi connectivity index (χ0v) is 15.7. The lowest BCUT2D eigenvalue weighted by Crippen LogP contribution is -2.45. The van der Waals surface area contributed by atoms with Crippen LogP contribution in [0, 0.1) is 0 Å². The molecule has 2 atom stereocenters. The van der Waals surface area contributed by atoms with E-state index in [-0.39, 0.29) is 11.7 Å². The number of nitrogens with one attached hydrogen (secondary N) is 2. The number of nitrogens with zero attached hydrogens (tertiary/aromatic N) is 1. The van der Waals surface area contributed by atoms with Gasteiger partial charge in [-0.05, 0) is 43.9 Å². The molecule has 0 saturated carbocycles. The van der Waals surface area contributed by atoms with Crippen molar-refractivity contribution in [2.45, 2.75) is 50.0 Å². The van der Waals surface area contributed by atoms with Crippen LogP contribution in [0.2, 0.25) is 0 Å². The Morgan fingerprint density at radius 1 is 1.32 bits per heavy atom. The second kappa shape index (κ2) is 9.00. The van der Waals surface area contributed by atoms with Crippen LogP contribution in [-0.4, -0.2) is 55.7 Å². The molecule has 0 radical (unpaired) electrons. The van der Waals surface area contributed by atoms with Gasteiger partial charge in [-0.1, -0.05) is 0 Å². The van der Waals surface area contributed by atoms with Gasteiger partial charge in [0.05, 0.1) is 23.5 Å². The fraction of sp³-hybridized carbons (Fsp3) is 0.632. The van der Waals surface area contributed by atoms with Crippen molar-refractivity contribution in [3.63, 3.8) is 0 Å². The van der Waals surface area contributed by atoms with Gasteiger partial charge in [0.15, 0.2) is 0 Å². The number of rotatable bonds is 7. The van der Waals surface area contributed by atoms with Crippen LogP contribution in [0.25, 0.3) is 0 Å². The summed E-state index contributed by atoms with van der Waals surface area (Å²) in [5, 5.41) is 6.77. The van der Waals surface area contributed by atoms with Gasteiger partial charge in [-0.2, -0.15) is 13.2 Å². The zero-order chi connectivity index (χ0) is 20.1. The zero-order valence-electron chi connectivity index (χ0n) is 15.7. The third-order valence-corrected chi connectivity index (χ3v) is 5.64. The summed E-state index contributed by atoms with van der Waals surface area (Å²) in [6.07, 6.45) is -0.705. The number of anilines is 2. The monoisotopic (exact) mass is 400 g/mol. The van der Waals surface area contributed by atoms with Crippen molar-refractivity contribution in [3.8, 4) is 0 Å². The van der Waals surface area contributed by atoms with Crippen molar-refractivity contribution < 1.29 is 22.7 Å². The maximum atomic E-state index is 12.8. The minimum atomic E-state index is -4.38. The molecule has 9 heteroatoms. The van der Waals surface area contributed by atoms with Crippen LogP contribution in [0.15, 0.2) is 18.2 Å². The molecule has 0 bridgehead atoms. The fourth-order valence-electron chi connectivity index (χ4n) is 4.05. The smallest absolute Gasteiger partial charge is 0.416 e. The Hall–Kier alpha value is -2.00. The summed E-state index contributed by atoms with van der Waals surface area (Å²) in [4.78, 5) is 12.7. The molecule has 0 amide bonds. The summed E-state index contributed by atoms with van der Waals surface area (Å²) in [6.45, 7) is 3.71. The Bertz CT molecular complexity index is 663. The van der Waals surface area contributed by atoms with Crippen LogP contribution >= 0.6 is 0 Å². The van der Waals surface area contributed by atoms with Crippen molar-refractivity contribution in [1.82, 2.24) is 10.2 Å². The number of piperidine rings is 1. The first-order valence-electron chi connectivity index (χ1n) is 9.62. The Kier molecular flexibility index (Phi) is 6.66. The Labute approximate surface area is 162 Å². The molecule has 1 unspecified atom stereocenters. The van der Waals surface area contributed by atoms with E-state index in [4.69, 9.17) is 10.5 Å². The highest BCUT2D eigenvalue weighted by Gasteiger charge is 2.32. The van der Waals surface area contributed by atoms with E-state index in [0.717, 1.165) is 57.5 Å². The Morgan fingerprint density at radius 3 is 2.71 bits per heavy atom. The lowest BCUT2D eigenvalue weighted by atomic mass is 10.0. The number of carbonyl (C=O) groups is 1. The molecule has 2 heterocycles. The van der Waals surface area contributed by atoms with Gasteiger partial charge in [0.2, 0.25) is 0 Å². The Balaban J connectivity index is 1.45. The van der Waals surface area contributed by atoms with E-state index >= 15 is 0 Å². The molecule has 0 aromatic heterocycles. The maximum absolute atomic E-state index is 12.8. The first-order valence-corrected chi connectivity index (χ1v) is 9.62. The summed E-state index contributed by atoms with van der Waals surface area (Å²) in [7, 11) is 0. The van der Waals surface area contributed by atoms with Crippen LogP contribution in [-0.2, 0) is 15.7 Å². The number of ether oxygens (including phenoxy) is 1. The largest absolute Gasteiger partial charge is 0.468 e. The summed E-state index contributed by atoms with van der Waals surface area (Å²) < 4.78 is 43.0. The highest BCUT2D eigenvalue weighted by molar-refractivity contribution is 5.67. The van der Waals surface area contributed by atoms with Gasteiger partial charge in [-0.25, -0.2) is 0 Å². The molecular weight excluding hydrogens is 373 g/mol. The molecule has 6 nitrogen and oxygen atoms in total. The molecule has 0 aliphatic carbocycles. The van der Waals surface area contributed by atoms with Gasteiger partial charge >= 0.3 is 6.18 Å². The van der Waals surface area contributed by atoms with Gasteiger partial charge in [-0.3, -0.25) is 9.69 Å². The van der Waals surface area contributed by atoms with E-state index < -0.39 is 11.7 Å². The van der Waals surface area contributed by atoms with E-state index in [9.17, 15) is 18.0 Å². The minimum absolute atomic E-state index is 0.123. The van der Waals surface area contributed by atoms with Crippen molar-refractivity contribution in [3.05, 3.63) is 23.8 Å². The molecule has 156 valence electrons. The normalized spacial score (nSPS) is 24.2. The number of nitrogen functional groups attached to an aromatic ring is 1. The number of carbonyl (C=O) groups excluding carboxylic acids is 1. The second-order valence-corrected chi connectivity index (χ2v) is 7.50. The topological polar surface area (TPSA) is 79.6 Å². The summed E-state index contributed by atoms with van der Waals surface area (Å²) in [6, 6.07) is 4.49. The lowest BCUT2D eigenvalue weighted by Gasteiger charge is -2.36. The number of hydrogen-bond acceptors (Lipinski definition) is 6. The van der Waals surface area contributed by atoms with Gasteiger partial charge in [0.1, 0.15) is 0 Å². The van der Waals surface area contributed by atoms with E-state index in [2.05, 4.69) is 15.5 Å². The van der Waals surface area contributed by atoms with Crippen LogP contribution < -0.4 is 16.4 Å². The summed E-state index contributed by atoms with van der Waals surface area (Å²) in [5.74, 6) is 0. The van der Waals surface area contributed by atoms with E-state index in [0.29, 0.717) is 30.9 Å². The standard InChI is InChI=1S/C19H27F3N4O2/c20-19(21,22)13-1-2-18(17(23)9-13)25-14-3-6-26(7-4-14)16-10-15(24-11-16)5-8-28-12-27/h1-2,9,12,14-16,24-25H,3-8,10-11,23H2/t15?,16-/m0/s1. The summed E-state index contributed by atoms with van der Waals surface area (Å²) in [5.41, 5.74) is 5.77. The van der Waals surface area contributed by atoms with Gasteiger partial charge in [-0.15, -0.1) is 0 Å². The van der Waals surface area contributed by atoms with Gasteiger partial charge in [0, 0.05) is 37.8 Å². The molecule has 2 saturated heterocycles. The first-order chi connectivity index (χ1) is 13.4. The Morgan fingerprint density at radius 2 is 2.07 bits per heavy atom. The van der Waals surface area contributed by atoms with E-state index in [1.165, 1.54) is 6.07 Å². The molecule has 0 spiro atoms. The van der Waals surface area contributed by atoms with Crippen LogP contribution in [0.5, 0.6) is 0 Å². The first kappa shape index (κ1) is 20.7. The minimum Gasteiger partial charge on any atom is -0.468 e. The predicted octanol–water partition coefficient (Wildman–Crippen LogP) is 2.46. The molecular formula is C19H27F3N4O2. The number of halogens is 3. The SMILES string of the molecule is Nc1cc(C(F)(F)F)ccc1NC1CCN([C@@H]2CNC(CCOC=O)C2)CC1. The number of alkyl halides is 3. The molecule has 2 aliphatic heterocycles. The van der Waals surface area contributed by atoms with Crippen molar-refractivity contribution in [2.24, 2.45) is 0 Å². The van der Waals surface area contributed by atoms with Gasteiger partial charge < -0.3 is 21.1 Å². The number of hydrogen-bond donors (Lipinski definition) is 3. The number of nitrogens with two attached hydrogens (primary N) is 1. The van der Waals surface area contributed by atoms with E-state index in [1.807, 2.05) is 0 Å². The van der Waals surface area contributed by atoms with Crippen LogP contribution in [0.4, 0.5) is 24.5 Å². The molecule has 4 N–H and O–H groups in total. The summed E-state index contributed by atoms with van der Waals surface area (Å²) >= 11 is 0. The van der Waals surface area contributed by atoms with Crippen LogP contribution in [0.3, 0.4) is 0 Å². The van der Waals surface area contributed by atoms with Crippen molar-refractivity contribution >= 4 is 17.8 Å². The highest BCUT2D eigenvalue weighted by atomic mass is 19.4. The van der Waals surface area contributed by atoms with Crippen LogP contribution in [0.1, 0.15) is 31.2 Å². The predicted molar refractivity (Wildman–Crippen MR) is 101 cm³/mol. The maximum Gasteiger partial charge on any atom is 0.416 e. The number of likely N-dealkylation sites (tertiary alicyclic amines) is 1. The quantitative estimate of drug-likeness (QED) is 0.371. The lowest BCUT2D eigenvalue weighted by molar-refractivity contribution is -0.137. The third kappa shape index (κ3) is 5.29. The molecule has 3 rings (SSSR count). The molecule has 1 aromatic carbocycles. The van der Waals surface area contributed by atoms with Crippen molar-refractivity contribution in [2.75, 3.05) is 37.3 Å². The van der Waals surface area contributed by atoms with Gasteiger partial charge in [0.25, 0.3) is 6.47 Å². The second-order valence-electron chi connectivity index (χ2n) is 7.50. The molecule has 2 fully saturated rings.